The van der Waals surface area contributed by atoms with E-state index in [9.17, 15) is 4.79 Å². The molecule has 2 aliphatic rings. The van der Waals surface area contributed by atoms with Gasteiger partial charge in [0.1, 0.15) is 0 Å². The third kappa shape index (κ3) is 3.15. The van der Waals surface area contributed by atoms with Crippen LogP contribution in [0, 0.1) is 5.92 Å². The van der Waals surface area contributed by atoms with Crippen LogP contribution >= 0.6 is 11.3 Å². The topological polar surface area (TPSA) is 49.3 Å². The molecule has 2 aliphatic heterocycles. The number of piperidine rings is 2. The number of rotatable bonds is 4. The second-order valence-electron chi connectivity index (χ2n) is 6.57. The van der Waals surface area contributed by atoms with Crippen molar-refractivity contribution in [3.8, 4) is 0 Å². The fraction of sp³-hybridized carbons (Fsp3) is 0.500. The molecule has 4 rings (SSSR count). The summed E-state index contributed by atoms with van der Waals surface area (Å²) in [6.07, 6.45) is 7.25. The number of nitrogens with zero attached hydrogens (tertiary/aromatic N) is 4. The number of carbonyl (C=O) groups is 1. The SMILES string of the molecule is O=C1CC[C@H]2CN(c3nccs3)CC[C@H]2N1CCc1ccccn1. The predicted molar refractivity (Wildman–Crippen MR) is 95.1 cm³/mol. The average molecular weight is 342 g/mol. The van der Waals surface area contributed by atoms with E-state index in [4.69, 9.17) is 0 Å². The Hall–Kier alpha value is -1.95. The molecule has 1 amide bonds. The Morgan fingerprint density at radius 1 is 1.21 bits per heavy atom. The second kappa shape index (κ2) is 6.89. The minimum absolute atomic E-state index is 0.315. The van der Waals surface area contributed by atoms with Crippen molar-refractivity contribution in [1.29, 1.82) is 0 Å². The molecule has 0 saturated carbocycles. The van der Waals surface area contributed by atoms with Crippen LogP contribution in [0.4, 0.5) is 5.13 Å². The minimum Gasteiger partial charge on any atom is -0.348 e. The summed E-state index contributed by atoms with van der Waals surface area (Å²) in [5.74, 6) is 0.874. The van der Waals surface area contributed by atoms with Gasteiger partial charge in [0.2, 0.25) is 5.91 Å². The normalized spacial score (nSPS) is 24.1. The van der Waals surface area contributed by atoms with E-state index in [-0.39, 0.29) is 0 Å². The van der Waals surface area contributed by atoms with Crippen molar-refractivity contribution in [2.24, 2.45) is 5.92 Å². The molecule has 0 aromatic carbocycles. The van der Waals surface area contributed by atoms with Gasteiger partial charge < -0.3 is 9.80 Å². The standard InChI is InChI=1S/C18H22N4OS/c23-17-5-4-14-13-21(18-20-9-12-24-18)10-7-16(14)22(17)11-6-15-3-1-2-8-19-15/h1-3,8-9,12,14,16H,4-7,10-11,13H2/t14-,16+/m0/s1. The fourth-order valence-corrected chi connectivity index (χ4v) is 4.65. The maximum absolute atomic E-state index is 12.5. The van der Waals surface area contributed by atoms with Gasteiger partial charge in [-0.3, -0.25) is 9.78 Å². The summed E-state index contributed by atoms with van der Waals surface area (Å²) in [7, 11) is 0. The molecule has 126 valence electrons. The van der Waals surface area contributed by atoms with E-state index in [0.29, 0.717) is 24.3 Å². The molecule has 2 aromatic rings. The highest BCUT2D eigenvalue weighted by atomic mass is 32.1. The molecular weight excluding hydrogens is 320 g/mol. The highest BCUT2D eigenvalue weighted by Gasteiger charge is 2.39. The summed E-state index contributed by atoms with van der Waals surface area (Å²) >= 11 is 1.70. The van der Waals surface area contributed by atoms with Gasteiger partial charge in [-0.2, -0.15) is 0 Å². The number of likely N-dealkylation sites (tertiary alicyclic amines) is 1. The van der Waals surface area contributed by atoms with Gasteiger partial charge in [-0.05, 0) is 30.9 Å². The van der Waals surface area contributed by atoms with Crippen molar-refractivity contribution in [2.75, 3.05) is 24.5 Å². The van der Waals surface area contributed by atoms with E-state index in [2.05, 4.69) is 19.8 Å². The lowest BCUT2D eigenvalue weighted by atomic mass is 9.83. The maximum atomic E-state index is 12.5. The number of pyridine rings is 1. The van der Waals surface area contributed by atoms with E-state index < -0.39 is 0 Å². The van der Waals surface area contributed by atoms with Crippen LogP contribution in [-0.4, -0.2) is 46.5 Å². The summed E-state index contributed by atoms with van der Waals surface area (Å²) in [5, 5.41) is 3.15. The number of carbonyl (C=O) groups excluding carboxylic acids is 1. The predicted octanol–water partition coefficient (Wildman–Crippen LogP) is 2.60. The van der Waals surface area contributed by atoms with Crippen molar-refractivity contribution >= 4 is 22.4 Å². The fourth-order valence-electron chi connectivity index (χ4n) is 3.97. The molecular formula is C18H22N4OS. The minimum atomic E-state index is 0.315. The first-order valence-electron chi connectivity index (χ1n) is 8.65. The average Bonchev–Trinajstić information content (AvgIpc) is 3.16. The molecule has 2 aromatic heterocycles. The van der Waals surface area contributed by atoms with Crippen LogP contribution in [0.25, 0.3) is 0 Å². The Balaban J connectivity index is 1.42. The van der Waals surface area contributed by atoms with E-state index in [0.717, 1.165) is 49.7 Å². The van der Waals surface area contributed by atoms with Gasteiger partial charge in [0.05, 0.1) is 0 Å². The van der Waals surface area contributed by atoms with Crippen molar-refractivity contribution < 1.29 is 4.79 Å². The first-order chi connectivity index (χ1) is 11.8. The molecule has 2 atom stereocenters. The van der Waals surface area contributed by atoms with Crippen molar-refractivity contribution in [3.63, 3.8) is 0 Å². The van der Waals surface area contributed by atoms with Gasteiger partial charge in [-0.25, -0.2) is 4.98 Å². The number of hydrogen-bond acceptors (Lipinski definition) is 5. The summed E-state index contributed by atoms with van der Waals surface area (Å²) < 4.78 is 0. The number of aromatic nitrogens is 2. The molecule has 2 fully saturated rings. The van der Waals surface area contributed by atoms with Crippen molar-refractivity contribution in [2.45, 2.75) is 31.7 Å². The van der Waals surface area contributed by atoms with Crippen LogP contribution in [0.15, 0.2) is 36.0 Å². The van der Waals surface area contributed by atoms with Crippen LogP contribution in [0.5, 0.6) is 0 Å². The van der Waals surface area contributed by atoms with Gasteiger partial charge in [0.25, 0.3) is 0 Å². The maximum Gasteiger partial charge on any atom is 0.222 e. The monoisotopic (exact) mass is 342 g/mol. The summed E-state index contributed by atoms with van der Waals surface area (Å²) in [6, 6.07) is 6.36. The third-order valence-corrected chi connectivity index (χ3v) is 6.00. The number of anilines is 1. The number of amides is 1. The van der Waals surface area contributed by atoms with Crippen molar-refractivity contribution in [1.82, 2.24) is 14.9 Å². The molecule has 0 radical (unpaired) electrons. The zero-order valence-corrected chi connectivity index (χ0v) is 14.5. The lowest BCUT2D eigenvalue weighted by Gasteiger charge is -2.47. The van der Waals surface area contributed by atoms with Crippen LogP contribution in [-0.2, 0) is 11.2 Å². The molecule has 5 nitrogen and oxygen atoms in total. The van der Waals surface area contributed by atoms with Crippen LogP contribution in [0.2, 0.25) is 0 Å². The van der Waals surface area contributed by atoms with Crippen LogP contribution < -0.4 is 4.90 Å². The molecule has 0 spiro atoms. The molecule has 4 heterocycles. The zero-order valence-electron chi connectivity index (χ0n) is 13.7. The highest BCUT2D eigenvalue weighted by Crippen LogP contribution is 2.33. The Labute approximate surface area is 146 Å². The number of fused-ring (bicyclic) bond motifs is 1. The largest absolute Gasteiger partial charge is 0.348 e. The summed E-state index contributed by atoms with van der Waals surface area (Å²) in [4.78, 5) is 25.8. The van der Waals surface area contributed by atoms with Gasteiger partial charge in [0, 0.05) is 62.0 Å². The zero-order chi connectivity index (χ0) is 16.4. The number of thiazole rings is 1. The molecule has 0 bridgehead atoms. The van der Waals surface area contributed by atoms with Crippen LogP contribution in [0.1, 0.15) is 25.0 Å². The van der Waals surface area contributed by atoms with E-state index in [1.54, 1.807) is 11.3 Å². The van der Waals surface area contributed by atoms with Crippen molar-refractivity contribution in [3.05, 3.63) is 41.7 Å². The van der Waals surface area contributed by atoms with Gasteiger partial charge in [0.15, 0.2) is 5.13 Å². The summed E-state index contributed by atoms with van der Waals surface area (Å²) in [6.45, 7) is 2.79. The molecule has 6 heteroatoms. The highest BCUT2D eigenvalue weighted by molar-refractivity contribution is 7.13. The molecule has 2 saturated heterocycles. The molecule has 0 unspecified atom stereocenters. The van der Waals surface area contributed by atoms with E-state index in [1.807, 2.05) is 36.0 Å². The smallest absolute Gasteiger partial charge is 0.222 e. The van der Waals surface area contributed by atoms with Gasteiger partial charge in [-0.1, -0.05) is 6.07 Å². The Morgan fingerprint density at radius 3 is 2.96 bits per heavy atom. The molecule has 0 N–H and O–H groups in total. The number of hydrogen-bond donors (Lipinski definition) is 0. The van der Waals surface area contributed by atoms with E-state index >= 15 is 0 Å². The van der Waals surface area contributed by atoms with Gasteiger partial charge >= 0.3 is 0 Å². The first kappa shape index (κ1) is 15.6. The lowest BCUT2D eigenvalue weighted by molar-refractivity contribution is -0.139. The van der Waals surface area contributed by atoms with Gasteiger partial charge in [-0.15, -0.1) is 11.3 Å². The lowest BCUT2D eigenvalue weighted by Crippen LogP contribution is -2.56. The Bertz CT molecular complexity index is 676. The van der Waals surface area contributed by atoms with E-state index in [1.165, 1.54) is 0 Å². The Morgan fingerprint density at radius 2 is 2.17 bits per heavy atom. The Kier molecular flexibility index (Phi) is 4.47. The first-order valence-corrected chi connectivity index (χ1v) is 9.53. The second-order valence-corrected chi connectivity index (χ2v) is 7.45. The quantitative estimate of drug-likeness (QED) is 0.857. The van der Waals surface area contributed by atoms with Crippen LogP contribution in [0.3, 0.4) is 0 Å². The molecule has 0 aliphatic carbocycles. The summed E-state index contributed by atoms with van der Waals surface area (Å²) in [5.41, 5.74) is 1.06. The third-order valence-electron chi connectivity index (χ3n) is 5.17. The molecule has 24 heavy (non-hydrogen) atoms.